The van der Waals surface area contributed by atoms with Crippen LogP contribution in [0.3, 0.4) is 0 Å². The first-order chi connectivity index (χ1) is 9.97. The zero-order valence-electron chi connectivity index (χ0n) is 11.5. The van der Waals surface area contributed by atoms with Gasteiger partial charge in [-0.15, -0.1) is 0 Å². The number of amides is 1. The van der Waals surface area contributed by atoms with Crippen molar-refractivity contribution in [1.29, 1.82) is 10.5 Å². The molecule has 2 rings (SSSR count). The molecule has 0 fully saturated rings. The van der Waals surface area contributed by atoms with Crippen LogP contribution in [0.1, 0.15) is 27.3 Å². The minimum Gasteiger partial charge on any atom is -0.395 e. The molecule has 0 saturated carbocycles. The highest BCUT2D eigenvalue weighted by Gasteiger charge is 2.18. The molecule has 1 aromatic carbocycles. The molecule has 0 unspecified atom stereocenters. The highest BCUT2D eigenvalue weighted by atomic mass is 16.2. The van der Waals surface area contributed by atoms with Gasteiger partial charge >= 0.3 is 0 Å². The predicted molar refractivity (Wildman–Crippen MR) is 76.2 cm³/mol. The van der Waals surface area contributed by atoms with Gasteiger partial charge in [-0.2, -0.15) is 15.6 Å². The lowest BCUT2D eigenvalue weighted by Gasteiger charge is -2.07. The Kier molecular flexibility index (Phi) is 3.59. The molecule has 0 saturated heterocycles. The van der Waals surface area contributed by atoms with Crippen molar-refractivity contribution < 1.29 is 4.79 Å². The summed E-state index contributed by atoms with van der Waals surface area (Å²) in [7, 11) is 1.62. The standard InChI is InChI=1S/C14H12N6O/c1-8-12(17)13(20(2)19-8)14(21)18-11-4-3-9(6-15)10(5-11)7-16/h3-5H,17H2,1-2H3,(H,18,21). The highest BCUT2D eigenvalue weighted by Crippen LogP contribution is 2.19. The van der Waals surface area contributed by atoms with Gasteiger partial charge in [0, 0.05) is 12.7 Å². The van der Waals surface area contributed by atoms with Crippen LogP contribution in [0.4, 0.5) is 11.4 Å². The SMILES string of the molecule is Cc1nn(C)c(C(=O)Nc2ccc(C#N)c(C#N)c2)c1N. The molecule has 21 heavy (non-hydrogen) atoms. The number of nitrogen functional groups attached to an aromatic ring is 1. The lowest BCUT2D eigenvalue weighted by Crippen LogP contribution is -2.17. The Hall–Kier alpha value is -3.32. The summed E-state index contributed by atoms with van der Waals surface area (Å²) in [4.78, 5) is 12.2. The Morgan fingerprint density at radius 2 is 2.00 bits per heavy atom. The number of carbonyl (C=O) groups excluding carboxylic acids is 1. The first-order valence-corrected chi connectivity index (χ1v) is 6.02. The van der Waals surface area contributed by atoms with Crippen molar-refractivity contribution in [2.24, 2.45) is 7.05 Å². The maximum atomic E-state index is 12.2. The quantitative estimate of drug-likeness (QED) is 0.859. The molecular weight excluding hydrogens is 268 g/mol. The molecule has 1 heterocycles. The summed E-state index contributed by atoms with van der Waals surface area (Å²) >= 11 is 0. The zero-order valence-corrected chi connectivity index (χ0v) is 11.5. The van der Waals surface area contributed by atoms with Crippen molar-refractivity contribution in [3.8, 4) is 12.1 Å². The second-order valence-corrected chi connectivity index (χ2v) is 4.41. The summed E-state index contributed by atoms with van der Waals surface area (Å²) in [5.41, 5.74) is 7.81. The number of nitrogens with one attached hydrogen (secondary N) is 1. The third-order valence-electron chi connectivity index (χ3n) is 3.00. The first kappa shape index (κ1) is 14.1. The molecule has 3 N–H and O–H groups in total. The Bertz CT molecular complexity index is 806. The minimum absolute atomic E-state index is 0.199. The van der Waals surface area contributed by atoms with E-state index in [9.17, 15) is 4.79 Å². The number of carbonyl (C=O) groups is 1. The van der Waals surface area contributed by atoms with Crippen molar-refractivity contribution in [1.82, 2.24) is 9.78 Å². The first-order valence-electron chi connectivity index (χ1n) is 6.02. The number of anilines is 2. The molecule has 0 atom stereocenters. The second-order valence-electron chi connectivity index (χ2n) is 4.41. The number of hydrogen-bond donors (Lipinski definition) is 2. The third-order valence-corrected chi connectivity index (χ3v) is 3.00. The van der Waals surface area contributed by atoms with E-state index in [2.05, 4.69) is 10.4 Å². The van der Waals surface area contributed by atoms with Gasteiger partial charge in [0.05, 0.1) is 22.5 Å². The normalized spacial score (nSPS) is 9.71. The molecule has 0 aliphatic carbocycles. The van der Waals surface area contributed by atoms with E-state index in [1.165, 1.54) is 16.8 Å². The number of nitrogens with zero attached hydrogens (tertiary/aromatic N) is 4. The molecule has 0 spiro atoms. The van der Waals surface area contributed by atoms with Crippen LogP contribution in [0.15, 0.2) is 18.2 Å². The van der Waals surface area contributed by atoms with Gasteiger partial charge in [-0.1, -0.05) is 0 Å². The van der Waals surface area contributed by atoms with Crippen LogP contribution in [-0.2, 0) is 7.05 Å². The van der Waals surface area contributed by atoms with Gasteiger partial charge in [-0.3, -0.25) is 9.48 Å². The second kappa shape index (κ2) is 5.35. The molecule has 2 aromatic rings. The highest BCUT2D eigenvalue weighted by molar-refractivity contribution is 6.06. The predicted octanol–water partition coefficient (Wildman–Crippen LogP) is 1.31. The fourth-order valence-electron chi connectivity index (χ4n) is 1.95. The summed E-state index contributed by atoms with van der Waals surface area (Å²) < 4.78 is 1.40. The number of benzene rings is 1. The topological polar surface area (TPSA) is 121 Å². The van der Waals surface area contributed by atoms with Crippen molar-refractivity contribution >= 4 is 17.3 Å². The smallest absolute Gasteiger partial charge is 0.276 e. The Morgan fingerprint density at radius 3 is 2.52 bits per heavy atom. The van der Waals surface area contributed by atoms with Crippen LogP contribution in [0.2, 0.25) is 0 Å². The zero-order chi connectivity index (χ0) is 15.6. The van der Waals surface area contributed by atoms with Gasteiger partial charge in [-0.25, -0.2) is 0 Å². The summed E-state index contributed by atoms with van der Waals surface area (Å²) in [6.45, 7) is 1.71. The Labute approximate surface area is 121 Å². The van der Waals surface area contributed by atoms with E-state index in [-0.39, 0.29) is 16.8 Å². The summed E-state index contributed by atoms with van der Waals surface area (Å²) in [6, 6.07) is 8.29. The van der Waals surface area contributed by atoms with E-state index < -0.39 is 5.91 Å². The largest absolute Gasteiger partial charge is 0.395 e. The van der Waals surface area contributed by atoms with E-state index in [1.807, 2.05) is 12.1 Å². The fraction of sp³-hybridized carbons (Fsp3) is 0.143. The molecule has 0 bridgehead atoms. The molecule has 104 valence electrons. The summed E-state index contributed by atoms with van der Waals surface area (Å²) in [5, 5.41) is 24.5. The number of aromatic nitrogens is 2. The summed E-state index contributed by atoms with van der Waals surface area (Å²) in [6.07, 6.45) is 0. The van der Waals surface area contributed by atoms with Crippen LogP contribution in [-0.4, -0.2) is 15.7 Å². The number of hydrogen-bond acceptors (Lipinski definition) is 5. The average molecular weight is 280 g/mol. The molecule has 7 nitrogen and oxygen atoms in total. The average Bonchev–Trinajstić information content (AvgIpc) is 2.71. The van der Waals surface area contributed by atoms with Gasteiger partial charge in [0.25, 0.3) is 5.91 Å². The van der Waals surface area contributed by atoms with Crippen molar-refractivity contribution in [3.05, 3.63) is 40.7 Å². The van der Waals surface area contributed by atoms with Crippen molar-refractivity contribution in [3.63, 3.8) is 0 Å². The van der Waals surface area contributed by atoms with Gasteiger partial charge in [0.15, 0.2) is 0 Å². The maximum absolute atomic E-state index is 12.2. The van der Waals surface area contributed by atoms with E-state index in [1.54, 1.807) is 20.0 Å². The maximum Gasteiger partial charge on any atom is 0.276 e. The van der Waals surface area contributed by atoms with Crippen molar-refractivity contribution in [2.45, 2.75) is 6.92 Å². The van der Waals surface area contributed by atoms with Crippen LogP contribution in [0.25, 0.3) is 0 Å². The number of rotatable bonds is 2. The molecule has 0 radical (unpaired) electrons. The van der Waals surface area contributed by atoms with E-state index >= 15 is 0 Å². The third kappa shape index (κ3) is 2.53. The number of nitrogens with two attached hydrogens (primary N) is 1. The monoisotopic (exact) mass is 280 g/mol. The van der Waals surface area contributed by atoms with Gasteiger partial charge < -0.3 is 11.1 Å². The number of nitriles is 2. The van der Waals surface area contributed by atoms with Crippen LogP contribution in [0.5, 0.6) is 0 Å². The van der Waals surface area contributed by atoms with Gasteiger partial charge in [0.1, 0.15) is 17.8 Å². The van der Waals surface area contributed by atoms with Crippen LogP contribution in [0, 0.1) is 29.6 Å². The molecule has 0 aliphatic rings. The lowest BCUT2D eigenvalue weighted by molar-refractivity contribution is 0.101. The minimum atomic E-state index is -0.427. The molecule has 1 amide bonds. The van der Waals surface area contributed by atoms with Crippen LogP contribution < -0.4 is 11.1 Å². The van der Waals surface area contributed by atoms with E-state index in [4.69, 9.17) is 16.3 Å². The molecular formula is C14H12N6O. The summed E-state index contributed by atoms with van der Waals surface area (Å²) in [5.74, 6) is -0.427. The molecule has 1 aromatic heterocycles. The van der Waals surface area contributed by atoms with Crippen LogP contribution >= 0.6 is 0 Å². The fourth-order valence-corrected chi connectivity index (χ4v) is 1.95. The number of aryl methyl sites for hydroxylation is 2. The van der Waals surface area contributed by atoms with E-state index in [0.29, 0.717) is 17.1 Å². The van der Waals surface area contributed by atoms with Gasteiger partial charge in [0.2, 0.25) is 0 Å². The lowest BCUT2D eigenvalue weighted by atomic mass is 10.1. The molecule has 7 heteroatoms. The van der Waals surface area contributed by atoms with E-state index in [0.717, 1.165) is 0 Å². The van der Waals surface area contributed by atoms with Crippen molar-refractivity contribution in [2.75, 3.05) is 11.1 Å². The Balaban J connectivity index is 2.33. The molecule has 0 aliphatic heterocycles. The van der Waals surface area contributed by atoms with Gasteiger partial charge in [-0.05, 0) is 25.1 Å². The Morgan fingerprint density at radius 1 is 1.33 bits per heavy atom.